The van der Waals surface area contributed by atoms with E-state index >= 15 is 0 Å². The highest BCUT2D eigenvalue weighted by Gasteiger charge is 2.22. The van der Waals surface area contributed by atoms with E-state index in [-0.39, 0.29) is 23.6 Å². The molecule has 2 N–H and O–H groups in total. The van der Waals surface area contributed by atoms with Gasteiger partial charge in [-0.25, -0.2) is 0 Å². The number of benzene rings is 6. The van der Waals surface area contributed by atoms with Gasteiger partial charge in [-0.05, 0) is 73.2 Å². The molecule has 0 saturated carbocycles. The molecule has 0 bridgehead atoms. The van der Waals surface area contributed by atoms with Crippen molar-refractivity contribution in [3.8, 4) is 22.3 Å². The Balaban J connectivity index is 0.000000241. The van der Waals surface area contributed by atoms with E-state index in [1.54, 1.807) is 0 Å². The number of nitrogens with zero attached hydrogens (tertiary/aromatic N) is 2. The van der Waals surface area contributed by atoms with Gasteiger partial charge in [-0.3, -0.25) is 28.3 Å². The number of carbonyl (C=O) groups excluding carboxylic acids is 4. The maximum Gasteiger partial charge on any atom is 0.231 e. The smallest absolute Gasteiger partial charge is 0.231 e. The number of anilines is 2. The Labute approximate surface area is 504 Å². The van der Waals surface area contributed by atoms with Gasteiger partial charge in [-0.2, -0.15) is 0 Å². The number of nitrogens with one attached hydrogen (secondary N) is 2. The highest BCUT2D eigenvalue weighted by molar-refractivity contribution is 6.22. The van der Waals surface area contributed by atoms with Crippen LogP contribution in [0.5, 0.6) is 0 Å². The van der Waals surface area contributed by atoms with E-state index in [4.69, 9.17) is 0 Å². The molecule has 2 amide bonds. The summed E-state index contributed by atoms with van der Waals surface area (Å²) in [5.41, 5.74) is 9.60. The van der Waals surface area contributed by atoms with Crippen molar-refractivity contribution in [2.24, 2.45) is 0 Å². The molecule has 84 heavy (non-hydrogen) atoms. The predicted molar refractivity (Wildman–Crippen MR) is 359 cm³/mol. The van der Waals surface area contributed by atoms with E-state index in [1.165, 1.54) is 128 Å². The quantitative estimate of drug-likeness (QED) is 0.0382. The van der Waals surface area contributed by atoms with Gasteiger partial charge in [-0.1, -0.05) is 279 Å². The Morgan fingerprint density at radius 2 is 0.583 bits per heavy atom. The van der Waals surface area contributed by atoms with Gasteiger partial charge >= 0.3 is 0 Å². The van der Waals surface area contributed by atoms with Gasteiger partial charge in [0.25, 0.3) is 0 Å². The van der Waals surface area contributed by atoms with Crippen LogP contribution in [-0.2, 0) is 9.59 Å². The van der Waals surface area contributed by atoms with Crippen molar-refractivity contribution in [3.05, 3.63) is 133 Å². The van der Waals surface area contributed by atoms with Crippen LogP contribution in [0.15, 0.2) is 133 Å². The van der Waals surface area contributed by atoms with Crippen LogP contribution in [0.2, 0.25) is 0 Å². The van der Waals surface area contributed by atoms with E-state index in [0.29, 0.717) is 25.7 Å². The van der Waals surface area contributed by atoms with E-state index in [9.17, 15) is 19.2 Å². The molecule has 0 aliphatic carbocycles. The van der Waals surface area contributed by atoms with E-state index in [1.807, 2.05) is 69.8 Å². The topological polar surface area (TPSA) is 102 Å². The zero-order chi connectivity index (χ0) is 59.1. The molecule has 0 atom stereocenters. The maximum absolute atomic E-state index is 13.7. The fourth-order valence-corrected chi connectivity index (χ4v) is 12.1. The highest BCUT2D eigenvalue weighted by atomic mass is 16.2. The van der Waals surface area contributed by atoms with Crippen molar-refractivity contribution in [2.75, 3.05) is 10.6 Å². The standard InChI is InChI=1S/C38H48N2O2.C38H52N2O2/c1-3-5-7-9-11-13-15-25-37(41)39-33-23-19-17-21-29(33)31-28-36-32(27-35(31)39)30-22-18-20-24-34(30)40(36)38(42)26-16-14-12-10-8-6-4-2;1-3-5-7-9-11-13-15-25-37(41)39-35-23-19-17-21-33(35)31-27-29-32(30-28-31)34-22-18-20-24-36(34)40-38(42)26-16-14-12-10-8-6-4-2/h17-24,27-28H,3-16,25-26H2,1-2H3;17-24,27-30H,3-16,25-26H2,1-2H3,(H,39,41)(H,40,42). The van der Waals surface area contributed by atoms with E-state index in [2.05, 4.69) is 111 Å². The summed E-state index contributed by atoms with van der Waals surface area (Å²) in [7, 11) is 0. The monoisotopic (exact) mass is 1130 g/mol. The fraction of sp³-hybridized carbons (Fsp3) is 0.474. The maximum atomic E-state index is 13.7. The molecular formula is C76H100N4O4. The number of rotatable bonds is 36. The lowest BCUT2D eigenvalue weighted by Gasteiger charge is -2.14. The lowest BCUT2D eigenvalue weighted by molar-refractivity contribution is -0.117. The second kappa shape index (κ2) is 36.1. The fourth-order valence-electron chi connectivity index (χ4n) is 12.1. The van der Waals surface area contributed by atoms with Gasteiger partial charge in [0.15, 0.2) is 0 Å². The number of fused-ring (bicyclic) bond motifs is 6. The Hall–Kier alpha value is -6.80. The minimum Gasteiger partial charge on any atom is -0.326 e. The molecule has 8 aromatic rings. The lowest BCUT2D eigenvalue weighted by Crippen LogP contribution is -2.12. The number of hydrogen-bond acceptors (Lipinski definition) is 4. The Bertz CT molecular complexity index is 3070. The molecule has 0 radical (unpaired) electrons. The Morgan fingerprint density at radius 1 is 0.298 bits per heavy atom. The summed E-state index contributed by atoms with van der Waals surface area (Å²) in [6.45, 7) is 8.95. The van der Waals surface area contributed by atoms with Crippen molar-refractivity contribution >= 4 is 78.6 Å². The van der Waals surface area contributed by atoms with Crippen LogP contribution in [-0.4, -0.2) is 32.8 Å². The third-order valence-corrected chi connectivity index (χ3v) is 16.9. The van der Waals surface area contributed by atoms with Crippen molar-refractivity contribution < 1.29 is 19.2 Å². The summed E-state index contributed by atoms with van der Waals surface area (Å²) in [5, 5.41) is 10.5. The van der Waals surface area contributed by atoms with E-state index < -0.39 is 0 Å². The van der Waals surface area contributed by atoms with Crippen LogP contribution in [0, 0.1) is 0 Å². The zero-order valence-corrected chi connectivity index (χ0v) is 51.9. The molecule has 448 valence electrons. The molecule has 8 nitrogen and oxygen atoms in total. The molecule has 0 aliphatic rings. The number of hydrogen-bond donors (Lipinski definition) is 2. The lowest BCUT2D eigenvalue weighted by atomic mass is 9.98. The first-order chi connectivity index (χ1) is 41.3. The first-order valence-electron chi connectivity index (χ1n) is 33.2. The molecule has 0 fully saturated rings. The second-order valence-corrected chi connectivity index (χ2v) is 23.6. The summed E-state index contributed by atoms with van der Waals surface area (Å²) < 4.78 is 3.88. The summed E-state index contributed by atoms with van der Waals surface area (Å²) >= 11 is 0. The second-order valence-electron chi connectivity index (χ2n) is 23.6. The van der Waals surface area contributed by atoms with Gasteiger partial charge in [0, 0.05) is 69.7 Å². The normalized spacial score (nSPS) is 11.4. The molecule has 0 saturated heterocycles. The molecule has 2 aromatic heterocycles. The van der Waals surface area contributed by atoms with Crippen LogP contribution < -0.4 is 10.6 Å². The average Bonchev–Trinajstić information content (AvgIpc) is 2.94. The first-order valence-corrected chi connectivity index (χ1v) is 33.2. The minimum atomic E-state index is 0.0776. The zero-order valence-electron chi connectivity index (χ0n) is 51.9. The van der Waals surface area contributed by atoms with Crippen molar-refractivity contribution in [3.63, 3.8) is 0 Å². The summed E-state index contributed by atoms with van der Waals surface area (Å²) in [5.74, 6) is 0.475. The van der Waals surface area contributed by atoms with Gasteiger partial charge < -0.3 is 10.6 Å². The Morgan fingerprint density at radius 3 is 0.929 bits per heavy atom. The first kappa shape index (κ1) is 64.8. The largest absolute Gasteiger partial charge is 0.326 e. The van der Waals surface area contributed by atoms with E-state index in [0.717, 1.165) is 129 Å². The SMILES string of the molecule is CCCCCCCCCC(=O)Nc1ccccc1-c1ccc(-c2ccccc2NC(=O)CCCCCCCCC)cc1.CCCCCCCCCC(=O)n1c2ccccc2c2cc3c(cc21)c1ccccc1n3C(=O)CCCCCCCCC. The molecule has 0 unspecified atom stereocenters. The van der Waals surface area contributed by atoms with Crippen LogP contribution in [0.1, 0.15) is 243 Å². The number of carbonyl (C=O) groups is 4. The number of para-hydroxylation sites is 4. The van der Waals surface area contributed by atoms with Crippen molar-refractivity contribution in [2.45, 2.75) is 233 Å². The van der Waals surface area contributed by atoms with Crippen LogP contribution in [0.4, 0.5) is 11.4 Å². The summed E-state index contributed by atoms with van der Waals surface area (Å²) in [6.07, 6.45) is 35.7. The van der Waals surface area contributed by atoms with Crippen molar-refractivity contribution in [1.29, 1.82) is 0 Å². The number of amides is 2. The summed E-state index contributed by atoms with van der Waals surface area (Å²) in [6, 6.07) is 45.1. The Kier molecular flexibility index (Phi) is 27.9. The minimum absolute atomic E-state index is 0.0776. The third kappa shape index (κ3) is 19.1. The molecule has 8 rings (SSSR count). The van der Waals surface area contributed by atoms with Crippen LogP contribution >= 0.6 is 0 Å². The third-order valence-electron chi connectivity index (χ3n) is 16.9. The van der Waals surface area contributed by atoms with Crippen molar-refractivity contribution in [1.82, 2.24) is 9.13 Å². The highest BCUT2D eigenvalue weighted by Crippen LogP contribution is 2.38. The molecule has 0 aliphatic heterocycles. The van der Waals surface area contributed by atoms with Crippen LogP contribution in [0.3, 0.4) is 0 Å². The molecule has 0 spiro atoms. The number of unbranched alkanes of at least 4 members (excludes halogenated alkanes) is 24. The molecule has 2 heterocycles. The van der Waals surface area contributed by atoms with Gasteiger partial charge in [0.1, 0.15) is 0 Å². The van der Waals surface area contributed by atoms with Gasteiger partial charge in [0.2, 0.25) is 23.6 Å². The summed E-state index contributed by atoms with van der Waals surface area (Å²) in [4.78, 5) is 52.8. The van der Waals surface area contributed by atoms with Gasteiger partial charge in [-0.15, -0.1) is 0 Å². The molecular weight excluding hydrogens is 1030 g/mol. The average molecular weight is 1130 g/mol. The number of aromatic nitrogens is 2. The molecule has 6 aromatic carbocycles. The van der Waals surface area contributed by atoms with Crippen LogP contribution in [0.25, 0.3) is 65.9 Å². The molecule has 8 heteroatoms. The van der Waals surface area contributed by atoms with Gasteiger partial charge in [0.05, 0.1) is 22.1 Å². The predicted octanol–water partition coefficient (Wildman–Crippen LogP) is 22.6.